The van der Waals surface area contributed by atoms with Gasteiger partial charge in [-0.2, -0.15) is 5.26 Å². The molecule has 0 spiro atoms. The van der Waals surface area contributed by atoms with Crippen molar-refractivity contribution in [3.8, 4) is 6.07 Å². The second-order valence-electron chi connectivity index (χ2n) is 4.24. The number of hydrogen-bond acceptors (Lipinski definition) is 3. The first kappa shape index (κ1) is 12.1. The fourth-order valence-corrected chi connectivity index (χ4v) is 1.10. The van der Waals surface area contributed by atoms with E-state index in [0.29, 0.717) is 12.1 Å². The molecule has 0 aliphatic rings. The van der Waals surface area contributed by atoms with Gasteiger partial charge in [0.05, 0.1) is 17.0 Å². The van der Waals surface area contributed by atoms with Crippen LogP contribution in [0.2, 0.25) is 0 Å². The van der Waals surface area contributed by atoms with E-state index >= 15 is 0 Å². The van der Waals surface area contributed by atoms with Crippen LogP contribution in [-0.4, -0.2) is 17.6 Å². The minimum atomic E-state index is -0.851. The molecule has 4 nitrogen and oxygen atoms in total. The van der Waals surface area contributed by atoms with E-state index in [0.717, 1.165) is 5.69 Å². The number of carbonyl (C=O) groups is 1. The van der Waals surface area contributed by atoms with Crippen molar-refractivity contribution < 1.29 is 9.90 Å². The maximum atomic E-state index is 10.9. The second-order valence-corrected chi connectivity index (χ2v) is 4.24. The first-order valence-corrected chi connectivity index (χ1v) is 4.93. The summed E-state index contributed by atoms with van der Waals surface area (Å²) in [4.78, 5) is 10.9. The van der Waals surface area contributed by atoms with Crippen LogP contribution < -0.4 is 5.32 Å². The van der Waals surface area contributed by atoms with Crippen molar-refractivity contribution in [3.63, 3.8) is 0 Å². The number of rotatable bonds is 4. The zero-order chi connectivity index (χ0) is 12.2. The van der Waals surface area contributed by atoms with Crippen LogP contribution in [-0.2, 0) is 4.79 Å². The van der Waals surface area contributed by atoms with Crippen LogP contribution in [0.1, 0.15) is 19.4 Å². The van der Waals surface area contributed by atoms with E-state index in [2.05, 4.69) is 5.32 Å². The third-order valence-corrected chi connectivity index (χ3v) is 2.31. The number of anilines is 1. The van der Waals surface area contributed by atoms with Gasteiger partial charge in [-0.3, -0.25) is 4.79 Å². The maximum Gasteiger partial charge on any atom is 0.310 e. The molecule has 0 radical (unpaired) electrons. The number of carboxylic acids is 1. The van der Waals surface area contributed by atoms with Gasteiger partial charge in [0.25, 0.3) is 0 Å². The summed E-state index contributed by atoms with van der Waals surface area (Å²) in [5.41, 5.74) is 0.481. The van der Waals surface area contributed by atoms with Gasteiger partial charge >= 0.3 is 5.97 Å². The normalized spacial score (nSPS) is 10.6. The lowest BCUT2D eigenvalue weighted by Gasteiger charge is -2.20. The molecule has 0 aromatic heterocycles. The molecule has 0 aliphatic heterocycles. The molecule has 4 heteroatoms. The molecular weight excluding hydrogens is 204 g/mol. The first-order valence-electron chi connectivity index (χ1n) is 4.93. The zero-order valence-corrected chi connectivity index (χ0v) is 9.32. The Morgan fingerprint density at radius 2 is 2.25 bits per heavy atom. The smallest absolute Gasteiger partial charge is 0.310 e. The van der Waals surface area contributed by atoms with Gasteiger partial charge in [0, 0.05) is 12.2 Å². The van der Waals surface area contributed by atoms with Gasteiger partial charge < -0.3 is 10.4 Å². The summed E-state index contributed by atoms with van der Waals surface area (Å²) >= 11 is 0. The Hall–Kier alpha value is -2.02. The van der Waals surface area contributed by atoms with Crippen molar-refractivity contribution in [2.45, 2.75) is 13.8 Å². The van der Waals surface area contributed by atoms with Gasteiger partial charge in [0.1, 0.15) is 0 Å². The lowest BCUT2D eigenvalue weighted by Crippen LogP contribution is -2.31. The SMILES string of the molecule is CC(C)(CNc1cccc(C#N)c1)C(=O)O. The van der Waals surface area contributed by atoms with E-state index in [-0.39, 0.29) is 0 Å². The van der Waals surface area contributed by atoms with Crippen molar-refractivity contribution in [2.24, 2.45) is 5.41 Å². The molecule has 0 atom stereocenters. The Labute approximate surface area is 94.5 Å². The predicted octanol–water partition coefficient (Wildman–Crippen LogP) is 2.08. The highest BCUT2D eigenvalue weighted by Gasteiger charge is 2.26. The van der Waals surface area contributed by atoms with Crippen LogP contribution in [0.4, 0.5) is 5.69 Å². The van der Waals surface area contributed by atoms with E-state index in [1.165, 1.54) is 0 Å². The predicted molar refractivity (Wildman–Crippen MR) is 61.1 cm³/mol. The molecule has 1 aromatic carbocycles. The molecule has 1 aromatic rings. The lowest BCUT2D eigenvalue weighted by atomic mass is 9.94. The van der Waals surface area contributed by atoms with Gasteiger partial charge in [-0.15, -0.1) is 0 Å². The topological polar surface area (TPSA) is 73.1 Å². The number of hydrogen-bond donors (Lipinski definition) is 2. The van der Waals surface area contributed by atoms with Gasteiger partial charge in [0.2, 0.25) is 0 Å². The summed E-state index contributed by atoms with van der Waals surface area (Å²) in [5, 5.41) is 20.6. The van der Waals surface area contributed by atoms with Crippen LogP contribution in [0.15, 0.2) is 24.3 Å². The number of carboxylic acid groups (broad SMARTS) is 1. The first-order chi connectivity index (χ1) is 7.45. The molecule has 2 N–H and O–H groups in total. The molecule has 0 aliphatic carbocycles. The Morgan fingerprint density at radius 1 is 1.56 bits per heavy atom. The quantitative estimate of drug-likeness (QED) is 0.811. The van der Waals surface area contributed by atoms with Crippen molar-refractivity contribution in [2.75, 3.05) is 11.9 Å². The van der Waals surface area contributed by atoms with E-state index < -0.39 is 11.4 Å². The van der Waals surface area contributed by atoms with E-state index in [1.807, 2.05) is 6.07 Å². The van der Waals surface area contributed by atoms with Crippen LogP contribution >= 0.6 is 0 Å². The van der Waals surface area contributed by atoms with E-state index in [4.69, 9.17) is 10.4 Å². The molecule has 0 amide bonds. The molecule has 84 valence electrons. The van der Waals surface area contributed by atoms with Gasteiger partial charge in [-0.25, -0.2) is 0 Å². The van der Waals surface area contributed by atoms with Crippen LogP contribution in [0, 0.1) is 16.7 Å². The molecule has 1 rings (SSSR count). The highest BCUT2D eigenvalue weighted by molar-refractivity contribution is 5.74. The minimum Gasteiger partial charge on any atom is -0.481 e. The molecule has 0 saturated heterocycles. The van der Waals surface area contributed by atoms with Gasteiger partial charge in [-0.05, 0) is 32.0 Å². The van der Waals surface area contributed by atoms with Gasteiger partial charge in [0.15, 0.2) is 0 Å². The van der Waals surface area contributed by atoms with E-state index in [1.54, 1.807) is 38.1 Å². The lowest BCUT2D eigenvalue weighted by molar-refractivity contribution is -0.146. The standard InChI is InChI=1S/C12H14N2O2/c1-12(2,11(15)16)8-14-10-5-3-4-9(6-10)7-13/h3-6,14H,8H2,1-2H3,(H,15,16). The van der Waals surface area contributed by atoms with Crippen molar-refractivity contribution in [1.82, 2.24) is 0 Å². The number of aliphatic carboxylic acids is 1. The van der Waals surface area contributed by atoms with Crippen LogP contribution in [0.5, 0.6) is 0 Å². The molecule has 0 heterocycles. The Bertz CT molecular complexity index is 433. The summed E-state index contributed by atoms with van der Waals surface area (Å²) in [5.74, 6) is -0.851. The fraction of sp³-hybridized carbons (Fsp3) is 0.333. The Balaban J connectivity index is 2.69. The van der Waals surface area contributed by atoms with Crippen molar-refractivity contribution in [3.05, 3.63) is 29.8 Å². The molecule has 0 fully saturated rings. The summed E-state index contributed by atoms with van der Waals surface area (Å²) in [6.45, 7) is 3.62. The highest BCUT2D eigenvalue weighted by atomic mass is 16.4. The monoisotopic (exact) mass is 218 g/mol. The maximum absolute atomic E-state index is 10.9. The highest BCUT2D eigenvalue weighted by Crippen LogP contribution is 2.17. The third-order valence-electron chi connectivity index (χ3n) is 2.31. The summed E-state index contributed by atoms with van der Waals surface area (Å²) in [6.07, 6.45) is 0. The number of nitriles is 1. The Morgan fingerprint density at radius 3 is 2.81 bits per heavy atom. The summed E-state index contributed by atoms with van der Waals surface area (Å²) in [6, 6.07) is 8.99. The average Bonchev–Trinajstić information content (AvgIpc) is 2.26. The van der Waals surface area contributed by atoms with Crippen LogP contribution in [0.25, 0.3) is 0 Å². The molecule has 16 heavy (non-hydrogen) atoms. The van der Waals surface area contributed by atoms with Crippen molar-refractivity contribution in [1.29, 1.82) is 5.26 Å². The second kappa shape index (κ2) is 4.67. The third kappa shape index (κ3) is 2.99. The van der Waals surface area contributed by atoms with E-state index in [9.17, 15) is 4.79 Å². The number of benzene rings is 1. The summed E-state index contributed by atoms with van der Waals surface area (Å²) < 4.78 is 0. The fourth-order valence-electron chi connectivity index (χ4n) is 1.10. The number of nitrogens with zero attached hydrogens (tertiary/aromatic N) is 1. The Kier molecular flexibility index (Phi) is 3.51. The summed E-state index contributed by atoms with van der Waals surface area (Å²) in [7, 11) is 0. The molecule has 0 bridgehead atoms. The molecule has 0 saturated carbocycles. The zero-order valence-electron chi connectivity index (χ0n) is 9.32. The molecular formula is C12H14N2O2. The average molecular weight is 218 g/mol. The van der Waals surface area contributed by atoms with Crippen molar-refractivity contribution >= 4 is 11.7 Å². The minimum absolute atomic E-state index is 0.317. The van der Waals surface area contributed by atoms with Gasteiger partial charge in [-0.1, -0.05) is 6.07 Å². The largest absolute Gasteiger partial charge is 0.481 e. The van der Waals surface area contributed by atoms with Crippen LogP contribution in [0.3, 0.4) is 0 Å². The number of nitrogens with one attached hydrogen (secondary N) is 1. The molecule has 0 unspecified atom stereocenters.